The van der Waals surface area contributed by atoms with Crippen molar-refractivity contribution in [2.45, 2.75) is 24.8 Å². The minimum absolute atomic E-state index is 0.206. The minimum Gasteiger partial charge on any atom is -0.508 e. The number of phenols is 1. The highest BCUT2D eigenvalue weighted by Gasteiger charge is 2.42. The van der Waals surface area contributed by atoms with Crippen LogP contribution in [-0.2, 0) is 4.74 Å². The van der Waals surface area contributed by atoms with Crippen LogP contribution >= 0.6 is 0 Å². The number of alkyl halides is 3. The molecule has 3 amide bonds. The summed E-state index contributed by atoms with van der Waals surface area (Å²) in [6.07, 6.45) is -3.96. The third kappa shape index (κ3) is 5.94. The van der Waals surface area contributed by atoms with E-state index < -0.39 is 35.5 Å². The van der Waals surface area contributed by atoms with Crippen LogP contribution in [0.3, 0.4) is 0 Å². The quantitative estimate of drug-likeness (QED) is 0.627. The number of carbonyl (C=O) groups is 2. The lowest BCUT2D eigenvalue weighted by atomic mass is 9.89. The molecule has 188 valence electrons. The lowest BCUT2D eigenvalue weighted by Crippen LogP contribution is -2.59. The zero-order chi connectivity index (χ0) is 25.2. The van der Waals surface area contributed by atoms with E-state index in [1.165, 1.54) is 17.0 Å². The number of halogens is 4. The molecule has 0 radical (unpaired) electrons. The van der Waals surface area contributed by atoms with Crippen molar-refractivity contribution < 1.29 is 41.7 Å². The van der Waals surface area contributed by atoms with Gasteiger partial charge in [-0.3, -0.25) is 4.79 Å². The van der Waals surface area contributed by atoms with Crippen LogP contribution in [0, 0.1) is 5.82 Å². The van der Waals surface area contributed by atoms with Crippen LogP contribution in [0.25, 0.3) is 0 Å². The molecule has 12 heteroatoms. The average Bonchev–Trinajstić information content (AvgIpc) is 2.81. The summed E-state index contributed by atoms with van der Waals surface area (Å²) in [7, 11) is 0. The molecule has 0 aliphatic carbocycles. The first kappa shape index (κ1) is 24.6. The van der Waals surface area contributed by atoms with E-state index in [1.807, 2.05) is 0 Å². The van der Waals surface area contributed by atoms with Crippen LogP contribution in [0.2, 0.25) is 0 Å². The molecule has 35 heavy (non-hydrogen) atoms. The summed E-state index contributed by atoms with van der Waals surface area (Å²) < 4.78 is 60.7. The van der Waals surface area contributed by atoms with E-state index in [-0.39, 0.29) is 37.6 Å². The number of morpholine rings is 1. The first-order valence-corrected chi connectivity index (χ1v) is 10.9. The van der Waals surface area contributed by atoms with Crippen molar-refractivity contribution in [1.29, 1.82) is 0 Å². The molecule has 1 spiro atoms. The monoisotopic (exact) mass is 497 g/mol. The third-order valence-corrected chi connectivity index (χ3v) is 6.02. The largest absolute Gasteiger partial charge is 0.573 e. The Bertz CT molecular complexity index is 1090. The van der Waals surface area contributed by atoms with Gasteiger partial charge >= 0.3 is 12.4 Å². The van der Waals surface area contributed by atoms with Gasteiger partial charge in [0.25, 0.3) is 5.91 Å². The summed E-state index contributed by atoms with van der Waals surface area (Å²) in [4.78, 5) is 28.5. The standard InChI is InChI=1S/C23H23F4N3O5/c24-19-6-3-16(31)13-18(19)20(32)29-9-7-22(8-10-29)14-30(11-12-34-22)21(33)28-15-1-4-17(5-2-15)35-23(25,26)27/h1-6,13,31H,7-12,14H2,(H,28,33). The fourth-order valence-corrected chi connectivity index (χ4v) is 4.23. The number of carbonyl (C=O) groups excluding carboxylic acids is 2. The smallest absolute Gasteiger partial charge is 0.508 e. The van der Waals surface area contributed by atoms with Crippen LogP contribution in [0.5, 0.6) is 11.5 Å². The number of likely N-dealkylation sites (tertiary alicyclic amines) is 1. The maximum absolute atomic E-state index is 14.0. The fourth-order valence-electron chi connectivity index (χ4n) is 4.23. The second-order valence-electron chi connectivity index (χ2n) is 8.41. The predicted molar refractivity (Wildman–Crippen MR) is 116 cm³/mol. The Labute approximate surface area is 198 Å². The second kappa shape index (κ2) is 9.61. The Kier molecular flexibility index (Phi) is 6.75. The Morgan fingerprint density at radius 2 is 1.71 bits per heavy atom. The number of urea groups is 1. The van der Waals surface area contributed by atoms with E-state index in [0.717, 1.165) is 30.3 Å². The molecule has 0 aromatic heterocycles. The summed E-state index contributed by atoms with van der Waals surface area (Å²) in [6, 6.07) is 7.67. The van der Waals surface area contributed by atoms with Gasteiger partial charge in [-0.25, -0.2) is 9.18 Å². The maximum Gasteiger partial charge on any atom is 0.573 e. The van der Waals surface area contributed by atoms with Crippen LogP contribution < -0.4 is 10.1 Å². The number of nitrogens with one attached hydrogen (secondary N) is 1. The molecule has 4 rings (SSSR count). The Hall–Kier alpha value is -3.54. The molecule has 0 atom stereocenters. The number of rotatable bonds is 3. The number of phenolic OH excluding ortho intramolecular Hbond substituents is 1. The number of nitrogens with zero attached hydrogens (tertiary/aromatic N) is 2. The summed E-state index contributed by atoms with van der Waals surface area (Å²) in [5, 5.41) is 12.2. The molecule has 2 heterocycles. The van der Waals surface area contributed by atoms with Gasteiger partial charge in [0.05, 0.1) is 24.3 Å². The Morgan fingerprint density at radius 1 is 1.03 bits per heavy atom. The van der Waals surface area contributed by atoms with Gasteiger partial charge in [0.2, 0.25) is 0 Å². The van der Waals surface area contributed by atoms with Gasteiger partial charge in [-0.2, -0.15) is 0 Å². The number of amides is 3. The molecular formula is C23H23F4N3O5. The first-order valence-electron chi connectivity index (χ1n) is 10.9. The van der Waals surface area contributed by atoms with Crippen molar-refractivity contribution in [2.24, 2.45) is 0 Å². The SMILES string of the molecule is O=C(Nc1ccc(OC(F)(F)F)cc1)N1CCOC2(CCN(C(=O)c3cc(O)ccc3F)CC2)C1. The van der Waals surface area contributed by atoms with Gasteiger partial charge in [0.15, 0.2) is 0 Å². The lowest BCUT2D eigenvalue weighted by molar-refractivity contribution is -0.274. The Morgan fingerprint density at radius 3 is 2.37 bits per heavy atom. The normalized spacial score (nSPS) is 17.8. The number of piperidine rings is 1. The van der Waals surface area contributed by atoms with Crippen molar-refractivity contribution in [3.05, 3.63) is 53.8 Å². The number of hydrogen-bond acceptors (Lipinski definition) is 5. The molecule has 0 unspecified atom stereocenters. The fraction of sp³-hybridized carbons (Fsp3) is 0.391. The zero-order valence-corrected chi connectivity index (χ0v) is 18.5. The summed E-state index contributed by atoms with van der Waals surface area (Å²) in [6.45, 7) is 1.42. The predicted octanol–water partition coefficient (Wildman–Crippen LogP) is 3.97. The van der Waals surface area contributed by atoms with Gasteiger partial charge in [0.1, 0.15) is 17.3 Å². The number of anilines is 1. The van der Waals surface area contributed by atoms with Gasteiger partial charge < -0.3 is 29.7 Å². The van der Waals surface area contributed by atoms with Crippen molar-refractivity contribution in [3.8, 4) is 11.5 Å². The van der Waals surface area contributed by atoms with E-state index in [1.54, 1.807) is 4.90 Å². The average molecular weight is 497 g/mol. The van der Waals surface area contributed by atoms with E-state index in [9.17, 15) is 32.3 Å². The molecular weight excluding hydrogens is 474 g/mol. The minimum atomic E-state index is -4.80. The van der Waals surface area contributed by atoms with Crippen LogP contribution in [0.15, 0.2) is 42.5 Å². The first-order chi connectivity index (χ1) is 16.5. The van der Waals surface area contributed by atoms with Crippen molar-refractivity contribution in [1.82, 2.24) is 9.80 Å². The van der Waals surface area contributed by atoms with Crippen LogP contribution in [-0.4, -0.2) is 71.6 Å². The second-order valence-corrected chi connectivity index (χ2v) is 8.41. The molecule has 0 bridgehead atoms. The molecule has 2 N–H and O–H groups in total. The van der Waals surface area contributed by atoms with Gasteiger partial charge in [-0.15, -0.1) is 13.2 Å². The highest BCUT2D eigenvalue weighted by atomic mass is 19.4. The lowest BCUT2D eigenvalue weighted by Gasteiger charge is -2.47. The van der Waals surface area contributed by atoms with E-state index in [4.69, 9.17) is 4.74 Å². The molecule has 0 saturated carbocycles. The van der Waals surface area contributed by atoms with Gasteiger partial charge in [-0.05, 0) is 55.3 Å². The van der Waals surface area contributed by atoms with Crippen LogP contribution in [0.1, 0.15) is 23.2 Å². The highest BCUT2D eigenvalue weighted by molar-refractivity contribution is 5.95. The van der Waals surface area contributed by atoms with Crippen molar-refractivity contribution >= 4 is 17.6 Å². The molecule has 2 fully saturated rings. The molecule has 2 saturated heterocycles. The van der Waals surface area contributed by atoms with Gasteiger partial charge in [-0.1, -0.05) is 0 Å². The summed E-state index contributed by atoms with van der Waals surface area (Å²) >= 11 is 0. The van der Waals surface area contributed by atoms with E-state index in [2.05, 4.69) is 10.1 Å². The third-order valence-electron chi connectivity index (χ3n) is 6.02. The molecule has 2 aliphatic rings. The number of benzene rings is 2. The Balaban J connectivity index is 1.34. The topological polar surface area (TPSA) is 91.3 Å². The number of hydrogen-bond donors (Lipinski definition) is 2. The maximum atomic E-state index is 14.0. The summed E-state index contributed by atoms with van der Waals surface area (Å²) in [5.41, 5.74) is -0.578. The van der Waals surface area contributed by atoms with Gasteiger partial charge in [0, 0.05) is 25.3 Å². The zero-order valence-electron chi connectivity index (χ0n) is 18.5. The molecule has 2 aromatic rings. The van der Waals surface area contributed by atoms with E-state index >= 15 is 0 Å². The van der Waals surface area contributed by atoms with E-state index in [0.29, 0.717) is 25.1 Å². The number of ether oxygens (including phenoxy) is 2. The van der Waals surface area contributed by atoms with Crippen molar-refractivity contribution in [3.63, 3.8) is 0 Å². The molecule has 8 nitrogen and oxygen atoms in total. The highest BCUT2D eigenvalue weighted by Crippen LogP contribution is 2.32. The van der Waals surface area contributed by atoms with Crippen LogP contribution in [0.4, 0.5) is 28.0 Å². The van der Waals surface area contributed by atoms with Crippen molar-refractivity contribution in [2.75, 3.05) is 38.1 Å². The summed E-state index contributed by atoms with van der Waals surface area (Å²) in [5.74, 6) is -1.85. The molecule has 2 aromatic carbocycles. The number of aromatic hydroxyl groups is 1. The molecule has 2 aliphatic heterocycles.